The molecule has 0 fully saturated rings. The van der Waals surface area contributed by atoms with Gasteiger partial charge < -0.3 is 25.0 Å². The molecule has 156 valence electrons. The number of carbonyl (C=O) groups excluding carboxylic acids is 2. The molecule has 0 saturated carbocycles. The number of rotatable bonds is 6. The molecule has 1 aliphatic rings. The summed E-state index contributed by atoms with van der Waals surface area (Å²) in [6.45, 7) is 6.99. The van der Waals surface area contributed by atoms with Crippen LogP contribution in [0.5, 0.6) is 5.88 Å². The molecule has 9 heteroatoms. The van der Waals surface area contributed by atoms with Crippen molar-refractivity contribution < 1.29 is 19.4 Å². The number of hydrogen-bond donors (Lipinski definition) is 2. The van der Waals surface area contributed by atoms with Crippen molar-refractivity contribution in [2.24, 2.45) is 5.92 Å². The molecule has 0 aromatic carbocycles. The number of pyridine rings is 1. The van der Waals surface area contributed by atoms with Crippen LogP contribution in [0.3, 0.4) is 0 Å². The number of nitrogens with one attached hydrogen (secondary N) is 1. The molecule has 1 aliphatic heterocycles. The van der Waals surface area contributed by atoms with E-state index in [1.807, 2.05) is 13.8 Å². The van der Waals surface area contributed by atoms with E-state index in [1.165, 1.54) is 0 Å². The number of urea groups is 1. The molecule has 3 atom stereocenters. The fourth-order valence-electron chi connectivity index (χ4n) is 3.01. The number of carbonyl (C=O) groups is 2. The fourth-order valence-corrected chi connectivity index (χ4v) is 3.35. The molecule has 1 aromatic heterocycles. The first-order valence-corrected chi connectivity index (χ1v) is 10.3. The van der Waals surface area contributed by atoms with Crippen LogP contribution in [0.2, 0.25) is 0 Å². The monoisotopic (exact) mass is 456 g/mol. The van der Waals surface area contributed by atoms with Gasteiger partial charge in [-0.15, -0.1) is 0 Å². The van der Waals surface area contributed by atoms with Crippen LogP contribution >= 0.6 is 15.9 Å². The fraction of sp³-hybridized carbons (Fsp3) is 0.632. The minimum Gasteiger partial charge on any atom is -0.472 e. The summed E-state index contributed by atoms with van der Waals surface area (Å²) < 4.78 is 6.77. The van der Waals surface area contributed by atoms with E-state index in [0.717, 1.165) is 6.42 Å². The van der Waals surface area contributed by atoms with Gasteiger partial charge in [0.2, 0.25) is 5.88 Å². The molecule has 3 amide bonds. The van der Waals surface area contributed by atoms with Gasteiger partial charge in [0, 0.05) is 36.7 Å². The predicted octanol–water partition coefficient (Wildman–Crippen LogP) is 2.12. The molecule has 0 unspecified atom stereocenters. The Morgan fingerprint density at radius 2 is 2.29 bits per heavy atom. The lowest BCUT2D eigenvalue weighted by atomic mass is 10.0. The zero-order chi connectivity index (χ0) is 20.8. The largest absolute Gasteiger partial charge is 0.472 e. The SMILES string of the molecule is CCCNC(=O)N(C)C[C@H]1Oc2ncc(Br)cc2C(=O)N([C@@H](C)CO)C[C@H]1C. The Bertz CT molecular complexity index is 703. The number of nitrogens with zero attached hydrogens (tertiary/aromatic N) is 3. The highest BCUT2D eigenvalue weighted by atomic mass is 79.9. The molecule has 0 bridgehead atoms. The van der Waals surface area contributed by atoms with E-state index in [4.69, 9.17) is 4.74 Å². The van der Waals surface area contributed by atoms with Crippen molar-refractivity contribution >= 4 is 27.9 Å². The molecule has 0 spiro atoms. The van der Waals surface area contributed by atoms with Crippen molar-refractivity contribution in [1.29, 1.82) is 0 Å². The van der Waals surface area contributed by atoms with Gasteiger partial charge in [-0.2, -0.15) is 0 Å². The average molecular weight is 457 g/mol. The zero-order valence-corrected chi connectivity index (χ0v) is 18.4. The van der Waals surface area contributed by atoms with Crippen molar-refractivity contribution in [3.63, 3.8) is 0 Å². The Labute approximate surface area is 174 Å². The van der Waals surface area contributed by atoms with Gasteiger partial charge in [0.05, 0.1) is 19.2 Å². The van der Waals surface area contributed by atoms with Crippen molar-refractivity contribution in [3.05, 3.63) is 22.3 Å². The highest BCUT2D eigenvalue weighted by molar-refractivity contribution is 9.10. The first kappa shape index (κ1) is 22.4. The van der Waals surface area contributed by atoms with Gasteiger partial charge in [0.25, 0.3) is 5.91 Å². The second-order valence-corrected chi connectivity index (χ2v) is 8.16. The van der Waals surface area contributed by atoms with Crippen LogP contribution < -0.4 is 10.1 Å². The van der Waals surface area contributed by atoms with Crippen molar-refractivity contribution in [2.75, 3.05) is 33.3 Å². The van der Waals surface area contributed by atoms with Crippen LogP contribution in [0.4, 0.5) is 4.79 Å². The van der Waals surface area contributed by atoms with Gasteiger partial charge in [0.1, 0.15) is 11.7 Å². The van der Waals surface area contributed by atoms with Crippen molar-refractivity contribution in [3.8, 4) is 5.88 Å². The maximum atomic E-state index is 13.0. The Balaban J connectivity index is 2.31. The second kappa shape index (κ2) is 10.1. The van der Waals surface area contributed by atoms with Crippen molar-refractivity contribution in [1.82, 2.24) is 20.1 Å². The number of amides is 3. The predicted molar refractivity (Wildman–Crippen MR) is 109 cm³/mol. The second-order valence-electron chi connectivity index (χ2n) is 7.24. The third kappa shape index (κ3) is 5.35. The first-order chi connectivity index (χ1) is 13.3. The molecule has 2 heterocycles. The standard InChI is InChI=1S/C19H29BrN4O4/c1-5-6-21-19(27)23(4)10-16-12(2)9-24(13(3)11-25)18(26)15-7-14(20)8-22-17(15)28-16/h7-8,12-13,16,25H,5-6,9-11H2,1-4H3,(H,21,27)/t12-,13+,16-/m1/s1. The third-order valence-corrected chi connectivity index (χ3v) is 5.25. The summed E-state index contributed by atoms with van der Waals surface area (Å²) in [7, 11) is 1.72. The van der Waals surface area contributed by atoms with Crippen LogP contribution in [0, 0.1) is 5.92 Å². The average Bonchev–Trinajstić information content (AvgIpc) is 2.68. The minimum absolute atomic E-state index is 0.0713. The Morgan fingerprint density at radius 3 is 2.93 bits per heavy atom. The summed E-state index contributed by atoms with van der Waals surface area (Å²) in [5.41, 5.74) is 0.338. The van der Waals surface area contributed by atoms with Gasteiger partial charge in [-0.25, -0.2) is 9.78 Å². The summed E-state index contributed by atoms with van der Waals surface area (Å²) >= 11 is 3.35. The summed E-state index contributed by atoms with van der Waals surface area (Å²) in [4.78, 5) is 32.8. The van der Waals surface area contributed by atoms with E-state index in [2.05, 4.69) is 26.2 Å². The maximum Gasteiger partial charge on any atom is 0.317 e. The van der Waals surface area contributed by atoms with Crippen LogP contribution in [0.25, 0.3) is 0 Å². The molecule has 2 N–H and O–H groups in total. The summed E-state index contributed by atoms with van der Waals surface area (Å²) in [5, 5.41) is 12.5. The molecule has 0 radical (unpaired) electrons. The number of hydrogen-bond acceptors (Lipinski definition) is 5. The Kier molecular flexibility index (Phi) is 8.06. The van der Waals surface area contributed by atoms with E-state index in [9.17, 15) is 14.7 Å². The topological polar surface area (TPSA) is 95.0 Å². The van der Waals surface area contributed by atoms with Gasteiger partial charge in [-0.3, -0.25) is 4.79 Å². The molecule has 0 saturated heterocycles. The number of aliphatic hydroxyl groups excluding tert-OH is 1. The van der Waals surface area contributed by atoms with Gasteiger partial charge >= 0.3 is 6.03 Å². The van der Waals surface area contributed by atoms with Crippen LogP contribution in [-0.2, 0) is 0 Å². The van der Waals surface area contributed by atoms with E-state index in [-0.39, 0.29) is 42.5 Å². The molecule has 8 nitrogen and oxygen atoms in total. The molecule has 28 heavy (non-hydrogen) atoms. The first-order valence-electron chi connectivity index (χ1n) is 9.51. The number of ether oxygens (including phenoxy) is 1. The molecular formula is C19H29BrN4O4. The normalized spacial score (nSPS) is 20.5. The summed E-state index contributed by atoms with van der Waals surface area (Å²) in [6.07, 6.45) is 2.08. The lowest BCUT2D eigenvalue weighted by molar-refractivity contribution is 0.0352. The van der Waals surface area contributed by atoms with Gasteiger partial charge in [-0.1, -0.05) is 13.8 Å². The molecule has 2 rings (SSSR count). The van der Waals surface area contributed by atoms with E-state index >= 15 is 0 Å². The van der Waals surface area contributed by atoms with E-state index < -0.39 is 0 Å². The number of aliphatic hydroxyl groups is 1. The van der Waals surface area contributed by atoms with Crippen molar-refractivity contribution in [2.45, 2.75) is 39.3 Å². The number of likely N-dealkylation sites (N-methyl/N-ethyl adjacent to an activating group) is 1. The van der Waals surface area contributed by atoms with Gasteiger partial charge in [-0.05, 0) is 35.3 Å². The van der Waals surface area contributed by atoms with Gasteiger partial charge in [0.15, 0.2) is 0 Å². The van der Waals surface area contributed by atoms with Crippen LogP contribution in [-0.4, -0.2) is 77.3 Å². The van der Waals surface area contributed by atoms with Crippen LogP contribution in [0.1, 0.15) is 37.6 Å². The lowest BCUT2D eigenvalue weighted by Gasteiger charge is -2.37. The smallest absolute Gasteiger partial charge is 0.317 e. The maximum absolute atomic E-state index is 13.0. The van der Waals surface area contributed by atoms with E-state index in [0.29, 0.717) is 29.7 Å². The quantitative estimate of drug-likeness (QED) is 0.683. The zero-order valence-electron chi connectivity index (χ0n) is 16.8. The number of aromatic nitrogens is 1. The lowest BCUT2D eigenvalue weighted by Crippen LogP contribution is -2.51. The Hall–Kier alpha value is -1.87. The summed E-state index contributed by atoms with van der Waals surface area (Å²) in [6, 6.07) is 1.17. The Morgan fingerprint density at radius 1 is 1.57 bits per heavy atom. The minimum atomic E-state index is -0.355. The number of fused-ring (bicyclic) bond motifs is 1. The summed E-state index contributed by atoms with van der Waals surface area (Å²) in [5.74, 6) is -0.0649. The highest BCUT2D eigenvalue weighted by Crippen LogP contribution is 2.28. The molecule has 1 aromatic rings. The number of halogens is 1. The highest BCUT2D eigenvalue weighted by Gasteiger charge is 2.34. The molecule has 0 aliphatic carbocycles. The van der Waals surface area contributed by atoms with E-state index in [1.54, 1.807) is 36.0 Å². The van der Waals surface area contributed by atoms with Crippen LogP contribution in [0.15, 0.2) is 16.7 Å². The molecular weight excluding hydrogens is 428 g/mol. The third-order valence-electron chi connectivity index (χ3n) is 4.81.